The number of hydrogen-bond donors (Lipinski definition) is 1. The van der Waals surface area contributed by atoms with Crippen LogP contribution in [0.25, 0.3) is 0 Å². The maximum absolute atomic E-state index is 12.0. The number of anilines is 1. The molecule has 0 unspecified atom stereocenters. The van der Waals surface area contributed by atoms with Crippen molar-refractivity contribution < 1.29 is 19.2 Å². The van der Waals surface area contributed by atoms with E-state index in [1.165, 1.54) is 12.1 Å². The number of non-ortho nitro benzene ring substituents is 1. The number of nitro groups is 1. The van der Waals surface area contributed by atoms with E-state index in [1.807, 2.05) is 19.9 Å². The zero-order valence-corrected chi connectivity index (χ0v) is 14.3. The highest BCUT2D eigenvalue weighted by molar-refractivity contribution is 6.34. The highest BCUT2D eigenvalue weighted by Crippen LogP contribution is 2.26. The number of rotatable bonds is 5. The van der Waals surface area contributed by atoms with Crippen molar-refractivity contribution in [3.63, 3.8) is 0 Å². The van der Waals surface area contributed by atoms with Crippen LogP contribution in [0.4, 0.5) is 11.4 Å². The Morgan fingerprint density at radius 1 is 1.16 bits per heavy atom. The van der Waals surface area contributed by atoms with E-state index in [4.69, 9.17) is 16.3 Å². The maximum atomic E-state index is 12.0. The molecule has 0 radical (unpaired) electrons. The Balaban J connectivity index is 1.96. The number of halogens is 1. The van der Waals surface area contributed by atoms with Crippen molar-refractivity contribution in [2.45, 2.75) is 13.8 Å². The molecular formula is C17H15ClN2O5. The van der Waals surface area contributed by atoms with Gasteiger partial charge in [0.1, 0.15) is 0 Å². The van der Waals surface area contributed by atoms with Crippen LogP contribution in [0.1, 0.15) is 21.5 Å². The van der Waals surface area contributed by atoms with E-state index in [-0.39, 0.29) is 16.4 Å². The van der Waals surface area contributed by atoms with E-state index in [2.05, 4.69) is 5.32 Å². The molecule has 0 aliphatic rings. The van der Waals surface area contributed by atoms with Gasteiger partial charge in [0.2, 0.25) is 0 Å². The Hall–Kier alpha value is -2.93. The number of nitro benzene ring substituents is 1. The van der Waals surface area contributed by atoms with Gasteiger partial charge < -0.3 is 10.1 Å². The number of benzene rings is 2. The topological polar surface area (TPSA) is 98.5 Å². The van der Waals surface area contributed by atoms with Crippen molar-refractivity contribution in [2.24, 2.45) is 0 Å². The predicted molar refractivity (Wildman–Crippen MR) is 92.9 cm³/mol. The Morgan fingerprint density at radius 2 is 1.80 bits per heavy atom. The van der Waals surface area contributed by atoms with Gasteiger partial charge in [0.05, 0.1) is 21.2 Å². The molecule has 130 valence electrons. The number of amides is 1. The lowest BCUT2D eigenvalue weighted by Crippen LogP contribution is -2.21. The van der Waals surface area contributed by atoms with E-state index in [0.717, 1.165) is 17.2 Å². The Kier molecular flexibility index (Phi) is 5.71. The minimum absolute atomic E-state index is 0.0168. The van der Waals surface area contributed by atoms with Crippen LogP contribution in [0.15, 0.2) is 36.4 Å². The van der Waals surface area contributed by atoms with Crippen molar-refractivity contribution in [1.82, 2.24) is 0 Å². The second-order valence-corrected chi connectivity index (χ2v) is 5.83. The zero-order valence-electron chi connectivity index (χ0n) is 13.5. The number of carbonyl (C=O) groups excluding carboxylic acids is 2. The Bertz CT molecular complexity index is 831. The van der Waals surface area contributed by atoms with Crippen LogP contribution in [-0.2, 0) is 9.53 Å². The van der Waals surface area contributed by atoms with E-state index in [0.29, 0.717) is 5.56 Å². The average molecular weight is 363 g/mol. The summed E-state index contributed by atoms with van der Waals surface area (Å²) in [6.07, 6.45) is 0. The second-order valence-electron chi connectivity index (χ2n) is 5.42. The average Bonchev–Trinajstić information content (AvgIpc) is 2.53. The fourth-order valence-electron chi connectivity index (χ4n) is 2.21. The predicted octanol–water partition coefficient (Wildman–Crippen LogP) is 3.66. The first-order chi connectivity index (χ1) is 11.8. The van der Waals surface area contributed by atoms with Gasteiger partial charge in [-0.15, -0.1) is 0 Å². The fourth-order valence-corrected chi connectivity index (χ4v) is 2.43. The summed E-state index contributed by atoms with van der Waals surface area (Å²) in [6, 6.07) is 8.90. The highest BCUT2D eigenvalue weighted by atomic mass is 35.5. The van der Waals surface area contributed by atoms with Crippen molar-refractivity contribution in [2.75, 3.05) is 11.9 Å². The minimum Gasteiger partial charge on any atom is -0.452 e. The molecular weight excluding hydrogens is 348 g/mol. The molecule has 0 aliphatic carbocycles. The normalized spacial score (nSPS) is 10.2. The standard InChI is InChI=1S/C17H15ClN2O5/c1-10-5-11(2)7-12(6-10)17(22)25-9-16(21)19-15-4-3-13(20(23)24)8-14(15)18/h3-8H,9H2,1-2H3,(H,19,21). The number of ether oxygens (including phenoxy) is 1. The van der Waals surface area contributed by atoms with Crippen LogP contribution in [-0.4, -0.2) is 23.4 Å². The van der Waals surface area contributed by atoms with E-state index >= 15 is 0 Å². The molecule has 0 aromatic heterocycles. The van der Waals surface area contributed by atoms with Gasteiger partial charge in [-0.05, 0) is 32.0 Å². The summed E-state index contributed by atoms with van der Waals surface area (Å²) in [4.78, 5) is 33.9. The number of nitrogens with zero attached hydrogens (tertiary/aromatic N) is 1. The number of nitrogens with one attached hydrogen (secondary N) is 1. The van der Waals surface area contributed by atoms with E-state index in [1.54, 1.807) is 12.1 Å². The summed E-state index contributed by atoms with van der Waals surface area (Å²) < 4.78 is 4.97. The zero-order chi connectivity index (χ0) is 18.6. The van der Waals surface area contributed by atoms with Crippen LogP contribution in [0, 0.1) is 24.0 Å². The number of esters is 1. The van der Waals surface area contributed by atoms with Crippen LogP contribution in [0.5, 0.6) is 0 Å². The van der Waals surface area contributed by atoms with Gasteiger partial charge in [-0.1, -0.05) is 28.8 Å². The summed E-state index contributed by atoms with van der Waals surface area (Å²) in [5.41, 5.74) is 2.19. The molecule has 7 nitrogen and oxygen atoms in total. The molecule has 0 fully saturated rings. The first-order valence-corrected chi connectivity index (χ1v) is 7.63. The summed E-state index contributed by atoms with van der Waals surface area (Å²) in [5.74, 6) is -1.22. The monoisotopic (exact) mass is 362 g/mol. The summed E-state index contributed by atoms with van der Waals surface area (Å²) >= 11 is 5.88. The number of hydrogen-bond acceptors (Lipinski definition) is 5. The minimum atomic E-state index is -0.614. The molecule has 2 rings (SSSR count). The van der Waals surface area contributed by atoms with Gasteiger partial charge in [0.25, 0.3) is 11.6 Å². The maximum Gasteiger partial charge on any atom is 0.338 e. The molecule has 0 heterocycles. The van der Waals surface area contributed by atoms with E-state index < -0.39 is 23.4 Å². The van der Waals surface area contributed by atoms with Crippen molar-refractivity contribution in [1.29, 1.82) is 0 Å². The lowest BCUT2D eigenvalue weighted by molar-refractivity contribution is -0.384. The van der Waals surface area contributed by atoms with Gasteiger partial charge in [0.15, 0.2) is 6.61 Å². The molecule has 1 N–H and O–H groups in total. The van der Waals surface area contributed by atoms with Crippen molar-refractivity contribution in [3.8, 4) is 0 Å². The summed E-state index contributed by atoms with van der Waals surface area (Å²) in [5, 5.41) is 13.1. The van der Waals surface area contributed by atoms with Gasteiger partial charge in [0, 0.05) is 12.1 Å². The molecule has 0 saturated heterocycles. The van der Waals surface area contributed by atoms with Gasteiger partial charge in [-0.25, -0.2) is 4.79 Å². The first-order valence-electron chi connectivity index (χ1n) is 7.25. The van der Waals surface area contributed by atoms with Crippen molar-refractivity contribution >= 4 is 34.9 Å². The van der Waals surface area contributed by atoms with Gasteiger partial charge in [-0.3, -0.25) is 14.9 Å². The summed E-state index contributed by atoms with van der Waals surface area (Å²) in [6.45, 7) is 3.21. The molecule has 25 heavy (non-hydrogen) atoms. The van der Waals surface area contributed by atoms with Crippen molar-refractivity contribution in [3.05, 3.63) is 68.2 Å². The fraction of sp³-hybridized carbons (Fsp3) is 0.176. The Labute approximate surface area is 148 Å². The smallest absolute Gasteiger partial charge is 0.338 e. The quantitative estimate of drug-likeness (QED) is 0.497. The summed E-state index contributed by atoms with van der Waals surface area (Å²) in [7, 11) is 0. The lowest BCUT2D eigenvalue weighted by atomic mass is 10.1. The van der Waals surface area contributed by atoms with E-state index in [9.17, 15) is 19.7 Å². The van der Waals surface area contributed by atoms with Crippen LogP contribution < -0.4 is 5.32 Å². The molecule has 1 amide bonds. The lowest BCUT2D eigenvalue weighted by Gasteiger charge is -2.09. The third-order valence-electron chi connectivity index (χ3n) is 3.23. The van der Waals surface area contributed by atoms with Gasteiger partial charge >= 0.3 is 5.97 Å². The SMILES string of the molecule is Cc1cc(C)cc(C(=O)OCC(=O)Nc2ccc([N+](=O)[O-])cc2Cl)c1. The van der Waals surface area contributed by atoms with Crippen LogP contribution in [0.2, 0.25) is 5.02 Å². The highest BCUT2D eigenvalue weighted by Gasteiger charge is 2.14. The number of carbonyl (C=O) groups is 2. The van der Waals surface area contributed by atoms with Crippen LogP contribution in [0.3, 0.4) is 0 Å². The van der Waals surface area contributed by atoms with Gasteiger partial charge in [-0.2, -0.15) is 0 Å². The molecule has 8 heteroatoms. The molecule has 0 atom stereocenters. The second kappa shape index (κ2) is 7.76. The number of aryl methyl sites for hydroxylation is 2. The Morgan fingerprint density at radius 3 is 2.36 bits per heavy atom. The molecule has 2 aromatic rings. The molecule has 2 aromatic carbocycles. The molecule has 0 saturated carbocycles. The third-order valence-corrected chi connectivity index (χ3v) is 3.54. The molecule has 0 spiro atoms. The van der Waals surface area contributed by atoms with Crippen LogP contribution >= 0.6 is 11.6 Å². The molecule has 0 aliphatic heterocycles. The largest absolute Gasteiger partial charge is 0.452 e. The molecule has 0 bridgehead atoms. The third kappa shape index (κ3) is 5.02. The first kappa shape index (κ1) is 18.4.